The SMILES string of the molecule is C[C@H](NC(=O)N1CC(c2ccccc2)C2CCCC21)c1cccc(O)c1. The average Bonchev–Trinajstić information content (AvgIpc) is 3.24. The standard InChI is InChI=1S/C22H26N2O2/c1-15(17-9-5-10-18(25)13-17)23-22(26)24-14-20(16-7-3-2-4-8-16)19-11-6-12-21(19)24/h2-5,7-10,13,15,19-21,25H,6,11-12,14H2,1H3,(H,23,26)/t15-,19?,20?,21?/m0/s1. The van der Waals surface area contributed by atoms with Crippen molar-refractivity contribution in [2.24, 2.45) is 5.92 Å². The maximum absolute atomic E-state index is 13.0. The number of rotatable bonds is 3. The van der Waals surface area contributed by atoms with Gasteiger partial charge < -0.3 is 15.3 Å². The minimum Gasteiger partial charge on any atom is -0.508 e. The van der Waals surface area contributed by atoms with Gasteiger partial charge in [0.25, 0.3) is 0 Å². The number of hydrogen-bond acceptors (Lipinski definition) is 2. The molecule has 2 aromatic rings. The van der Waals surface area contributed by atoms with Crippen molar-refractivity contribution in [1.29, 1.82) is 0 Å². The van der Waals surface area contributed by atoms with E-state index in [1.807, 2.05) is 25.1 Å². The number of phenols is 1. The van der Waals surface area contributed by atoms with E-state index in [1.54, 1.807) is 12.1 Å². The van der Waals surface area contributed by atoms with Crippen LogP contribution in [0.4, 0.5) is 4.79 Å². The Balaban J connectivity index is 1.49. The highest BCUT2D eigenvalue weighted by Gasteiger charge is 2.46. The van der Waals surface area contributed by atoms with E-state index in [1.165, 1.54) is 18.4 Å². The molecule has 2 fully saturated rings. The van der Waals surface area contributed by atoms with Crippen LogP contribution >= 0.6 is 0 Å². The van der Waals surface area contributed by atoms with Crippen molar-refractivity contribution in [3.05, 3.63) is 65.7 Å². The fourth-order valence-corrected chi connectivity index (χ4v) is 4.74. The Morgan fingerprint density at radius 2 is 1.96 bits per heavy atom. The van der Waals surface area contributed by atoms with Gasteiger partial charge in [-0.05, 0) is 48.9 Å². The minimum atomic E-state index is -0.134. The highest BCUT2D eigenvalue weighted by molar-refractivity contribution is 5.76. The van der Waals surface area contributed by atoms with Gasteiger partial charge in [0.05, 0.1) is 6.04 Å². The highest BCUT2D eigenvalue weighted by atomic mass is 16.3. The third kappa shape index (κ3) is 3.16. The first-order chi connectivity index (χ1) is 12.6. The van der Waals surface area contributed by atoms with Gasteiger partial charge in [-0.3, -0.25) is 0 Å². The first kappa shape index (κ1) is 17.0. The van der Waals surface area contributed by atoms with Crippen LogP contribution in [0.3, 0.4) is 0 Å². The summed E-state index contributed by atoms with van der Waals surface area (Å²) in [5.41, 5.74) is 2.26. The van der Waals surface area contributed by atoms with Gasteiger partial charge in [-0.25, -0.2) is 4.79 Å². The minimum absolute atomic E-state index is 0.0103. The maximum atomic E-state index is 13.0. The summed E-state index contributed by atoms with van der Waals surface area (Å²) in [7, 11) is 0. The van der Waals surface area contributed by atoms with Crippen molar-refractivity contribution in [3.63, 3.8) is 0 Å². The monoisotopic (exact) mass is 350 g/mol. The van der Waals surface area contributed by atoms with Crippen LogP contribution in [-0.4, -0.2) is 28.6 Å². The Morgan fingerprint density at radius 3 is 2.73 bits per heavy atom. The van der Waals surface area contributed by atoms with Crippen LogP contribution in [0.2, 0.25) is 0 Å². The Morgan fingerprint density at radius 1 is 1.15 bits per heavy atom. The van der Waals surface area contributed by atoms with Gasteiger partial charge in [0.2, 0.25) is 0 Å². The van der Waals surface area contributed by atoms with Crippen molar-refractivity contribution in [2.75, 3.05) is 6.54 Å². The zero-order valence-electron chi connectivity index (χ0n) is 15.1. The smallest absolute Gasteiger partial charge is 0.318 e. The lowest BCUT2D eigenvalue weighted by Crippen LogP contribution is -2.44. The molecule has 0 radical (unpaired) electrons. The van der Waals surface area contributed by atoms with Crippen LogP contribution in [-0.2, 0) is 0 Å². The molecule has 2 aromatic carbocycles. The molecule has 1 aliphatic heterocycles. The number of phenolic OH excluding ortho intramolecular Hbond substituents is 1. The highest BCUT2D eigenvalue weighted by Crippen LogP contribution is 2.46. The number of carbonyl (C=O) groups excluding carboxylic acids is 1. The van der Waals surface area contributed by atoms with Crippen LogP contribution in [0.5, 0.6) is 5.75 Å². The summed E-state index contributed by atoms with van der Waals surface area (Å²) < 4.78 is 0. The first-order valence-corrected chi connectivity index (χ1v) is 9.54. The molecular formula is C22H26N2O2. The number of nitrogens with zero attached hydrogens (tertiary/aromatic N) is 1. The fourth-order valence-electron chi connectivity index (χ4n) is 4.74. The van der Waals surface area contributed by atoms with E-state index in [4.69, 9.17) is 0 Å². The van der Waals surface area contributed by atoms with Crippen molar-refractivity contribution in [1.82, 2.24) is 10.2 Å². The summed E-state index contributed by atoms with van der Waals surface area (Å²) in [5.74, 6) is 1.23. The molecule has 2 N–H and O–H groups in total. The van der Waals surface area contributed by atoms with Crippen molar-refractivity contribution < 1.29 is 9.90 Å². The molecule has 1 saturated heterocycles. The number of likely N-dealkylation sites (tertiary alicyclic amines) is 1. The number of urea groups is 1. The van der Waals surface area contributed by atoms with Gasteiger partial charge in [-0.15, -0.1) is 0 Å². The molecule has 1 saturated carbocycles. The summed E-state index contributed by atoms with van der Waals surface area (Å²) in [5, 5.41) is 12.8. The summed E-state index contributed by atoms with van der Waals surface area (Å²) in [6, 6.07) is 17.9. The van der Waals surface area contributed by atoms with E-state index in [2.05, 4.69) is 34.5 Å². The summed E-state index contributed by atoms with van der Waals surface area (Å²) >= 11 is 0. The molecule has 2 aliphatic rings. The summed E-state index contributed by atoms with van der Waals surface area (Å²) in [6.07, 6.45) is 3.50. The number of hydrogen-bond donors (Lipinski definition) is 2. The molecule has 0 spiro atoms. The van der Waals surface area contributed by atoms with Gasteiger partial charge in [0.1, 0.15) is 5.75 Å². The number of benzene rings is 2. The molecule has 2 amide bonds. The topological polar surface area (TPSA) is 52.6 Å². The van der Waals surface area contributed by atoms with Gasteiger partial charge in [-0.1, -0.05) is 48.9 Å². The maximum Gasteiger partial charge on any atom is 0.318 e. The van der Waals surface area contributed by atoms with Gasteiger partial charge in [0, 0.05) is 18.5 Å². The largest absolute Gasteiger partial charge is 0.508 e. The molecule has 4 nitrogen and oxygen atoms in total. The van der Waals surface area contributed by atoms with Crippen molar-refractivity contribution in [2.45, 2.75) is 44.2 Å². The van der Waals surface area contributed by atoms with E-state index >= 15 is 0 Å². The molecule has 0 aromatic heterocycles. The van der Waals surface area contributed by atoms with Crippen LogP contribution < -0.4 is 5.32 Å². The zero-order chi connectivity index (χ0) is 18.1. The second-order valence-electron chi connectivity index (χ2n) is 7.60. The van der Waals surface area contributed by atoms with Crippen molar-refractivity contribution >= 4 is 6.03 Å². The molecule has 136 valence electrons. The van der Waals surface area contributed by atoms with Gasteiger partial charge in [0.15, 0.2) is 0 Å². The predicted octanol–water partition coefficient (Wildman–Crippen LogP) is 4.43. The van der Waals surface area contributed by atoms with Crippen LogP contribution in [0.1, 0.15) is 49.3 Å². The molecular weight excluding hydrogens is 324 g/mol. The molecule has 1 heterocycles. The summed E-state index contributed by atoms with van der Waals surface area (Å²) in [6.45, 7) is 2.75. The number of fused-ring (bicyclic) bond motifs is 1. The van der Waals surface area contributed by atoms with Crippen LogP contribution in [0.25, 0.3) is 0 Å². The molecule has 1 aliphatic carbocycles. The molecule has 4 atom stereocenters. The summed E-state index contributed by atoms with van der Waals surface area (Å²) in [4.78, 5) is 15.0. The lowest BCUT2D eigenvalue weighted by Gasteiger charge is -2.26. The second-order valence-corrected chi connectivity index (χ2v) is 7.60. The number of aromatic hydroxyl groups is 1. The van der Waals surface area contributed by atoms with E-state index in [-0.39, 0.29) is 17.8 Å². The van der Waals surface area contributed by atoms with E-state index in [0.717, 1.165) is 18.5 Å². The average molecular weight is 350 g/mol. The lowest BCUT2D eigenvalue weighted by atomic mass is 9.87. The Labute approximate surface area is 154 Å². The van der Waals surface area contributed by atoms with E-state index in [0.29, 0.717) is 17.9 Å². The van der Waals surface area contributed by atoms with E-state index < -0.39 is 0 Å². The normalized spacial score (nSPS) is 25.7. The number of amides is 2. The predicted molar refractivity (Wildman–Crippen MR) is 102 cm³/mol. The van der Waals surface area contributed by atoms with E-state index in [9.17, 15) is 9.90 Å². The van der Waals surface area contributed by atoms with Gasteiger partial charge in [-0.2, -0.15) is 0 Å². The quantitative estimate of drug-likeness (QED) is 0.860. The van der Waals surface area contributed by atoms with Gasteiger partial charge >= 0.3 is 6.03 Å². The Kier molecular flexibility index (Phi) is 4.58. The molecule has 4 heteroatoms. The lowest BCUT2D eigenvalue weighted by molar-refractivity contribution is 0.186. The fraction of sp³-hybridized carbons (Fsp3) is 0.409. The number of nitrogens with one attached hydrogen (secondary N) is 1. The molecule has 3 unspecified atom stereocenters. The van der Waals surface area contributed by atoms with Crippen LogP contribution in [0, 0.1) is 5.92 Å². The third-order valence-corrected chi connectivity index (χ3v) is 6.04. The zero-order valence-corrected chi connectivity index (χ0v) is 15.1. The second kappa shape index (κ2) is 7.02. The third-order valence-electron chi connectivity index (χ3n) is 6.04. The molecule has 0 bridgehead atoms. The Bertz CT molecular complexity index is 777. The molecule has 4 rings (SSSR count). The van der Waals surface area contributed by atoms with Crippen molar-refractivity contribution in [3.8, 4) is 5.75 Å². The molecule has 26 heavy (non-hydrogen) atoms. The number of carbonyl (C=O) groups is 1. The Hall–Kier alpha value is -2.49. The first-order valence-electron chi connectivity index (χ1n) is 9.54. The van der Waals surface area contributed by atoms with Crippen LogP contribution in [0.15, 0.2) is 54.6 Å².